The first-order valence-corrected chi connectivity index (χ1v) is 7.40. The minimum absolute atomic E-state index is 0.142. The molecule has 4 nitrogen and oxygen atoms in total. The smallest absolute Gasteiger partial charge is 0.235 e. The maximum Gasteiger partial charge on any atom is 0.235 e. The van der Waals surface area contributed by atoms with Gasteiger partial charge in [-0.05, 0) is 31.2 Å². The lowest BCUT2D eigenvalue weighted by atomic mass is 10.0. The third kappa shape index (κ3) is 3.94. The Kier molecular flexibility index (Phi) is 5.14. The van der Waals surface area contributed by atoms with Gasteiger partial charge in [0.05, 0.1) is 0 Å². The molecule has 0 atom stereocenters. The van der Waals surface area contributed by atoms with Crippen LogP contribution >= 0.6 is 0 Å². The van der Waals surface area contributed by atoms with Gasteiger partial charge in [0.15, 0.2) is 0 Å². The highest BCUT2D eigenvalue weighted by molar-refractivity contribution is 6.07. The highest BCUT2D eigenvalue weighted by Crippen LogP contribution is 2.46. The zero-order chi connectivity index (χ0) is 15.1. The molecule has 2 rings (SSSR count). The molecule has 0 radical (unpaired) electrons. The largest absolute Gasteiger partial charge is 0.355 e. The van der Waals surface area contributed by atoms with Crippen LogP contribution in [0.5, 0.6) is 0 Å². The molecule has 2 N–H and O–H groups in total. The predicted molar refractivity (Wildman–Crippen MR) is 82.6 cm³/mol. The minimum Gasteiger partial charge on any atom is -0.355 e. The standard InChI is InChI=1S/C17H22N2O2/c1-2-12-18-15(20)17(10-11-17)16(21)19-13-6-9-14-7-4-3-5-8-14/h2-5,7-8H,1,6,9-13H2,(H,18,20)(H,19,21). The summed E-state index contributed by atoms with van der Waals surface area (Å²) in [5.74, 6) is -0.319. The summed E-state index contributed by atoms with van der Waals surface area (Å²) in [7, 11) is 0. The maximum atomic E-state index is 12.1. The monoisotopic (exact) mass is 286 g/mol. The van der Waals surface area contributed by atoms with Crippen LogP contribution in [0.25, 0.3) is 0 Å². The van der Waals surface area contributed by atoms with Gasteiger partial charge in [0.25, 0.3) is 0 Å². The van der Waals surface area contributed by atoms with Gasteiger partial charge >= 0.3 is 0 Å². The number of hydrogen-bond acceptors (Lipinski definition) is 2. The Labute approximate surface area is 125 Å². The summed E-state index contributed by atoms with van der Waals surface area (Å²) in [6, 6.07) is 10.2. The van der Waals surface area contributed by atoms with Crippen LogP contribution in [-0.4, -0.2) is 24.9 Å². The molecule has 0 spiro atoms. The molecule has 0 saturated heterocycles. The lowest BCUT2D eigenvalue weighted by molar-refractivity contribution is -0.137. The SMILES string of the molecule is C=CCNC(=O)C1(C(=O)NCCCc2ccccc2)CC1. The Balaban J connectivity index is 1.72. The van der Waals surface area contributed by atoms with Crippen molar-refractivity contribution in [2.24, 2.45) is 5.41 Å². The summed E-state index contributed by atoms with van der Waals surface area (Å²) < 4.78 is 0. The van der Waals surface area contributed by atoms with Crippen LogP contribution in [-0.2, 0) is 16.0 Å². The molecule has 1 saturated carbocycles. The first kappa shape index (κ1) is 15.3. The van der Waals surface area contributed by atoms with Gasteiger partial charge in [-0.3, -0.25) is 9.59 Å². The second-order valence-corrected chi connectivity index (χ2v) is 5.43. The molecule has 4 heteroatoms. The third-order valence-electron chi connectivity index (χ3n) is 3.80. The molecule has 1 fully saturated rings. The quantitative estimate of drug-likeness (QED) is 0.435. The highest BCUT2D eigenvalue weighted by Gasteiger charge is 2.56. The molecule has 112 valence electrons. The van der Waals surface area contributed by atoms with Crippen LogP contribution < -0.4 is 10.6 Å². The average Bonchev–Trinajstić information content (AvgIpc) is 3.32. The fraction of sp³-hybridized carbons (Fsp3) is 0.412. The van der Waals surface area contributed by atoms with E-state index in [-0.39, 0.29) is 11.8 Å². The third-order valence-corrected chi connectivity index (χ3v) is 3.80. The van der Waals surface area contributed by atoms with Gasteiger partial charge in [-0.25, -0.2) is 0 Å². The fourth-order valence-electron chi connectivity index (χ4n) is 2.32. The van der Waals surface area contributed by atoms with E-state index in [1.165, 1.54) is 5.56 Å². The van der Waals surface area contributed by atoms with Crippen molar-refractivity contribution in [3.63, 3.8) is 0 Å². The number of rotatable bonds is 8. The molecule has 1 aliphatic carbocycles. The number of hydrogen-bond donors (Lipinski definition) is 2. The summed E-state index contributed by atoms with van der Waals surface area (Å²) in [4.78, 5) is 24.1. The topological polar surface area (TPSA) is 58.2 Å². The van der Waals surface area contributed by atoms with Gasteiger partial charge in [-0.2, -0.15) is 0 Å². The fourth-order valence-corrected chi connectivity index (χ4v) is 2.32. The molecule has 0 unspecified atom stereocenters. The molecule has 1 aromatic rings. The lowest BCUT2D eigenvalue weighted by Gasteiger charge is -2.14. The van der Waals surface area contributed by atoms with Gasteiger partial charge in [-0.1, -0.05) is 36.4 Å². The van der Waals surface area contributed by atoms with Crippen molar-refractivity contribution in [2.75, 3.05) is 13.1 Å². The second kappa shape index (κ2) is 7.07. The van der Waals surface area contributed by atoms with Crippen molar-refractivity contribution in [1.29, 1.82) is 0 Å². The summed E-state index contributed by atoms with van der Waals surface area (Å²) in [6.45, 7) is 4.56. The van der Waals surface area contributed by atoms with E-state index >= 15 is 0 Å². The van der Waals surface area contributed by atoms with Crippen molar-refractivity contribution < 1.29 is 9.59 Å². The molecule has 2 amide bonds. The first-order chi connectivity index (χ1) is 10.2. The summed E-state index contributed by atoms with van der Waals surface area (Å²) in [5, 5.41) is 5.60. The van der Waals surface area contributed by atoms with Crippen molar-refractivity contribution in [3.05, 3.63) is 48.6 Å². The highest BCUT2D eigenvalue weighted by atomic mass is 16.2. The van der Waals surface area contributed by atoms with Crippen LogP contribution in [0.2, 0.25) is 0 Å². The first-order valence-electron chi connectivity index (χ1n) is 7.40. The molecular formula is C17H22N2O2. The zero-order valence-corrected chi connectivity index (χ0v) is 12.2. The molecule has 1 aromatic carbocycles. The van der Waals surface area contributed by atoms with E-state index in [0.717, 1.165) is 12.8 Å². The second-order valence-electron chi connectivity index (χ2n) is 5.43. The van der Waals surface area contributed by atoms with Gasteiger partial charge in [0.1, 0.15) is 5.41 Å². The Hall–Kier alpha value is -2.10. The van der Waals surface area contributed by atoms with E-state index in [0.29, 0.717) is 25.9 Å². The van der Waals surface area contributed by atoms with Crippen LogP contribution in [0, 0.1) is 5.41 Å². The maximum absolute atomic E-state index is 12.1. The van der Waals surface area contributed by atoms with E-state index in [2.05, 4.69) is 29.3 Å². The van der Waals surface area contributed by atoms with E-state index in [4.69, 9.17) is 0 Å². The Morgan fingerprint density at radius 2 is 1.81 bits per heavy atom. The van der Waals surface area contributed by atoms with Crippen LogP contribution in [0.1, 0.15) is 24.8 Å². The van der Waals surface area contributed by atoms with E-state index in [1.54, 1.807) is 6.08 Å². The molecular weight excluding hydrogens is 264 g/mol. The number of carbonyl (C=O) groups excluding carboxylic acids is 2. The van der Waals surface area contributed by atoms with Crippen LogP contribution in [0.15, 0.2) is 43.0 Å². The van der Waals surface area contributed by atoms with Crippen molar-refractivity contribution in [3.8, 4) is 0 Å². The molecule has 21 heavy (non-hydrogen) atoms. The number of amides is 2. The van der Waals surface area contributed by atoms with Gasteiger partial charge < -0.3 is 10.6 Å². The van der Waals surface area contributed by atoms with Crippen molar-refractivity contribution in [1.82, 2.24) is 10.6 Å². The lowest BCUT2D eigenvalue weighted by Crippen LogP contribution is -2.43. The number of benzene rings is 1. The van der Waals surface area contributed by atoms with E-state index in [9.17, 15) is 9.59 Å². The predicted octanol–water partition coefficient (Wildman–Crippen LogP) is 1.82. The summed E-state index contributed by atoms with van der Waals surface area (Å²) >= 11 is 0. The van der Waals surface area contributed by atoms with E-state index < -0.39 is 5.41 Å². The summed E-state index contributed by atoms with van der Waals surface area (Å²) in [6.07, 6.45) is 4.70. The summed E-state index contributed by atoms with van der Waals surface area (Å²) in [5.41, 5.74) is 0.437. The van der Waals surface area contributed by atoms with Crippen molar-refractivity contribution in [2.45, 2.75) is 25.7 Å². The van der Waals surface area contributed by atoms with Crippen LogP contribution in [0.4, 0.5) is 0 Å². The van der Waals surface area contributed by atoms with Gasteiger partial charge in [-0.15, -0.1) is 6.58 Å². The Morgan fingerprint density at radius 1 is 1.14 bits per heavy atom. The molecule has 0 aromatic heterocycles. The minimum atomic E-state index is -0.824. The molecule has 0 bridgehead atoms. The van der Waals surface area contributed by atoms with Crippen molar-refractivity contribution >= 4 is 11.8 Å². The van der Waals surface area contributed by atoms with Crippen LogP contribution in [0.3, 0.4) is 0 Å². The Bertz CT molecular complexity index is 507. The number of nitrogens with one attached hydrogen (secondary N) is 2. The number of aryl methyl sites for hydroxylation is 1. The molecule has 0 aliphatic heterocycles. The zero-order valence-electron chi connectivity index (χ0n) is 12.2. The average molecular weight is 286 g/mol. The van der Waals surface area contributed by atoms with E-state index in [1.807, 2.05) is 18.2 Å². The normalized spacial score (nSPS) is 15.0. The number of carbonyl (C=O) groups is 2. The van der Waals surface area contributed by atoms with Gasteiger partial charge in [0.2, 0.25) is 11.8 Å². The van der Waals surface area contributed by atoms with Gasteiger partial charge in [0, 0.05) is 13.1 Å². The Morgan fingerprint density at radius 3 is 2.43 bits per heavy atom. The molecule has 0 heterocycles. The molecule has 1 aliphatic rings.